The van der Waals surface area contributed by atoms with E-state index in [9.17, 15) is 14.9 Å². The van der Waals surface area contributed by atoms with Crippen LogP contribution in [0.4, 0.5) is 0 Å². The van der Waals surface area contributed by atoms with Crippen molar-refractivity contribution in [3.8, 4) is 17.2 Å². The predicted molar refractivity (Wildman–Crippen MR) is 95.0 cm³/mol. The highest BCUT2D eigenvalue weighted by molar-refractivity contribution is 7.12. The van der Waals surface area contributed by atoms with Crippen LogP contribution in [-0.2, 0) is 9.53 Å². The van der Waals surface area contributed by atoms with E-state index in [2.05, 4.69) is 11.4 Å². The summed E-state index contributed by atoms with van der Waals surface area (Å²) in [5.74, 6) is -0.962. The van der Waals surface area contributed by atoms with E-state index in [0.717, 1.165) is 24.0 Å². The van der Waals surface area contributed by atoms with Crippen LogP contribution in [0.2, 0.25) is 0 Å². The molecule has 1 heterocycles. The lowest BCUT2D eigenvalue weighted by atomic mass is 10.00. The summed E-state index contributed by atoms with van der Waals surface area (Å²) in [6.45, 7) is -0.381. The molecule has 6 heteroatoms. The Kier molecular flexibility index (Phi) is 5.15. The summed E-state index contributed by atoms with van der Waals surface area (Å²) in [6.07, 6.45) is 3.13. The molecule has 25 heavy (non-hydrogen) atoms. The second-order valence-corrected chi connectivity index (χ2v) is 6.97. The minimum Gasteiger partial charge on any atom is -0.451 e. The maximum atomic E-state index is 12.3. The van der Waals surface area contributed by atoms with E-state index in [0.29, 0.717) is 17.7 Å². The van der Waals surface area contributed by atoms with Crippen molar-refractivity contribution in [3.63, 3.8) is 0 Å². The van der Waals surface area contributed by atoms with Crippen LogP contribution in [0.3, 0.4) is 0 Å². The Bertz CT molecular complexity index is 802. The summed E-state index contributed by atoms with van der Waals surface area (Å²) < 4.78 is 5.16. The maximum Gasteiger partial charge on any atom is 0.349 e. The number of nitrogens with zero attached hydrogens (tertiary/aromatic N) is 1. The van der Waals surface area contributed by atoms with Crippen LogP contribution in [0.25, 0.3) is 11.1 Å². The van der Waals surface area contributed by atoms with Crippen molar-refractivity contribution in [2.75, 3.05) is 6.61 Å². The van der Waals surface area contributed by atoms with Gasteiger partial charge in [0.25, 0.3) is 5.91 Å². The molecule has 0 unspecified atom stereocenters. The van der Waals surface area contributed by atoms with Gasteiger partial charge >= 0.3 is 5.97 Å². The largest absolute Gasteiger partial charge is 0.451 e. The summed E-state index contributed by atoms with van der Waals surface area (Å²) >= 11 is 1.28. The summed E-state index contributed by atoms with van der Waals surface area (Å²) in [5.41, 5.74) is 0.913. The number of hydrogen-bond acceptors (Lipinski definition) is 5. The van der Waals surface area contributed by atoms with Crippen molar-refractivity contribution in [2.24, 2.45) is 0 Å². The average molecular weight is 354 g/mol. The molecule has 0 radical (unpaired) electrons. The van der Waals surface area contributed by atoms with Gasteiger partial charge in [0.1, 0.15) is 10.4 Å². The molecule has 128 valence electrons. The van der Waals surface area contributed by atoms with E-state index in [4.69, 9.17) is 4.74 Å². The molecular formula is C19H18N2O3S. The summed E-state index contributed by atoms with van der Waals surface area (Å²) in [7, 11) is 0. The van der Waals surface area contributed by atoms with E-state index < -0.39 is 17.4 Å². The second-order valence-electron chi connectivity index (χ2n) is 6.05. The standard InChI is InChI=1S/C19H18N2O3S/c20-13-19(9-4-5-10-19)21-16(22)12-24-18(23)17-15(8-11-25-17)14-6-2-1-3-7-14/h1-3,6-8,11H,4-5,9-10,12H2,(H,21,22). The molecule has 1 amide bonds. The SMILES string of the molecule is N#CC1(NC(=O)COC(=O)c2sccc2-c2ccccc2)CCCC1. The van der Waals surface area contributed by atoms with Crippen molar-refractivity contribution in [1.82, 2.24) is 5.32 Å². The monoisotopic (exact) mass is 354 g/mol. The number of rotatable bonds is 5. The molecule has 3 rings (SSSR count). The number of nitriles is 1. The zero-order chi connectivity index (χ0) is 17.7. The highest BCUT2D eigenvalue weighted by Crippen LogP contribution is 2.30. The Hall–Kier alpha value is -2.65. The number of nitrogens with one attached hydrogen (secondary N) is 1. The van der Waals surface area contributed by atoms with E-state index in [1.807, 2.05) is 41.8 Å². The molecule has 2 aromatic rings. The smallest absolute Gasteiger partial charge is 0.349 e. The van der Waals surface area contributed by atoms with Crippen LogP contribution < -0.4 is 5.32 Å². The van der Waals surface area contributed by atoms with Crippen LogP contribution >= 0.6 is 11.3 Å². The number of hydrogen-bond donors (Lipinski definition) is 1. The quantitative estimate of drug-likeness (QED) is 0.833. The van der Waals surface area contributed by atoms with Gasteiger partial charge < -0.3 is 10.1 Å². The van der Waals surface area contributed by atoms with Crippen molar-refractivity contribution in [3.05, 3.63) is 46.7 Å². The van der Waals surface area contributed by atoms with Crippen LogP contribution in [0.1, 0.15) is 35.4 Å². The fourth-order valence-electron chi connectivity index (χ4n) is 3.06. The number of benzene rings is 1. The topological polar surface area (TPSA) is 79.2 Å². The molecule has 1 aliphatic carbocycles. The molecule has 1 N–H and O–H groups in total. The van der Waals surface area contributed by atoms with Crippen LogP contribution in [0.5, 0.6) is 0 Å². The van der Waals surface area contributed by atoms with Gasteiger partial charge in [-0.15, -0.1) is 11.3 Å². The zero-order valence-electron chi connectivity index (χ0n) is 13.7. The first-order valence-electron chi connectivity index (χ1n) is 8.16. The van der Waals surface area contributed by atoms with Crippen molar-refractivity contribution in [2.45, 2.75) is 31.2 Å². The van der Waals surface area contributed by atoms with Gasteiger partial charge in [0.2, 0.25) is 0 Å². The van der Waals surface area contributed by atoms with E-state index in [1.54, 1.807) is 0 Å². The normalized spacial score (nSPS) is 15.3. The Labute approximate surface area is 150 Å². The van der Waals surface area contributed by atoms with Gasteiger partial charge in [0.15, 0.2) is 6.61 Å². The summed E-state index contributed by atoms with van der Waals surface area (Å²) in [6, 6.07) is 13.6. The van der Waals surface area contributed by atoms with Gasteiger partial charge in [0.05, 0.1) is 6.07 Å². The first-order valence-corrected chi connectivity index (χ1v) is 9.04. The van der Waals surface area contributed by atoms with Crippen LogP contribution in [0.15, 0.2) is 41.8 Å². The van der Waals surface area contributed by atoms with E-state index in [-0.39, 0.29) is 6.61 Å². The van der Waals surface area contributed by atoms with E-state index >= 15 is 0 Å². The van der Waals surface area contributed by atoms with Crippen LogP contribution in [0, 0.1) is 11.3 Å². The lowest BCUT2D eigenvalue weighted by Gasteiger charge is -2.21. The third-order valence-electron chi connectivity index (χ3n) is 4.32. The average Bonchev–Trinajstić information content (AvgIpc) is 3.30. The number of carbonyl (C=O) groups is 2. The fourth-order valence-corrected chi connectivity index (χ4v) is 3.86. The van der Waals surface area contributed by atoms with Crippen molar-refractivity contribution in [1.29, 1.82) is 5.26 Å². The highest BCUT2D eigenvalue weighted by Gasteiger charge is 2.35. The fraction of sp³-hybridized carbons (Fsp3) is 0.316. The molecule has 1 aliphatic rings. The summed E-state index contributed by atoms with van der Waals surface area (Å²) in [5, 5.41) is 13.8. The minimum atomic E-state index is -0.804. The molecule has 0 saturated heterocycles. The molecule has 0 bridgehead atoms. The van der Waals surface area contributed by atoms with Gasteiger partial charge in [-0.05, 0) is 42.7 Å². The van der Waals surface area contributed by atoms with Crippen molar-refractivity contribution < 1.29 is 14.3 Å². The van der Waals surface area contributed by atoms with Gasteiger partial charge in [-0.2, -0.15) is 5.26 Å². The Morgan fingerprint density at radius 2 is 1.92 bits per heavy atom. The molecule has 5 nitrogen and oxygen atoms in total. The number of esters is 1. The maximum absolute atomic E-state index is 12.3. The Morgan fingerprint density at radius 1 is 1.20 bits per heavy atom. The van der Waals surface area contributed by atoms with E-state index in [1.165, 1.54) is 11.3 Å². The second kappa shape index (κ2) is 7.49. The van der Waals surface area contributed by atoms with Gasteiger partial charge in [-0.3, -0.25) is 4.79 Å². The number of thiophene rings is 1. The third kappa shape index (κ3) is 3.89. The van der Waals surface area contributed by atoms with Crippen molar-refractivity contribution >= 4 is 23.2 Å². The minimum absolute atomic E-state index is 0.381. The first-order chi connectivity index (χ1) is 12.1. The third-order valence-corrected chi connectivity index (χ3v) is 5.21. The lowest BCUT2D eigenvalue weighted by Crippen LogP contribution is -2.46. The van der Waals surface area contributed by atoms with Gasteiger partial charge in [-0.25, -0.2) is 4.79 Å². The zero-order valence-corrected chi connectivity index (χ0v) is 14.5. The number of carbonyl (C=O) groups excluding carboxylic acids is 2. The molecule has 0 spiro atoms. The number of amides is 1. The summed E-state index contributed by atoms with van der Waals surface area (Å²) in [4.78, 5) is 24.9. The molecule has 0 aliphatic heterocycles. The molecular weight excluding hydrogens is 336 g/mol. The molecule has 1 aromatic carbocycles. The molecule has 1 aromatic heterocycles. The first kappa shape index (κ1) is 17.2. The Balaban J connectivity index is 1.61. The Morgan fingerprint density at radius 3 is 2.60 bits per heavy atom. The molecule has 0 atom stereocenters. The predicted octanol–water partition coefficient (Wildman–Crippen LogP) is 3.52. The van der Waals surface area contributed by atoms with Gasteiger partial charge in [-0.1, -0.05) is 30.3 Å². The van der Waals surface area contributed by atoms with Crippen LogP contribution in [-0.4, -0.2) is 24.0 Å². The number of ether oxygens (including phenoxy) is 1. The molecule has 1 saturated carbocycles. The highest BCUT2D eigenvalue weighted by atomic mass is 32.1. The molecule has 1 fully saturated rings. The lowest BCUT2D eigenvalue weighted by molar-refractivity contribution is -0.125. The van der Waals surface area contributed by atoms with Gasteiger partial charge in [0, 0.05) is 5.56 Å².